The molecule has 0 aromatic heterocycles. The number of nitrogens with zero attached hydrogens (tertiary/aromatic N) is 1. The number of likely N-dealkylation sites (tertiary alicyclic amines) is 1. The minimum Gasteiger partial charge on any atom is -0.492 e. The molecular weight excluding hydrogens is 328 g/mol. The maximum Gasteiger partial charge on any atom is 0.256 e. The van der Waals surface area contributed by atoms with Crippen molar-refractivity contribution in [1.82, 2.24) is 4.90 Å². The van der Waals surface area contributed by atoms with Crippen LogP contribution in [-0.2, 0) is 9.53 Å². The molecule has 1 atom stereocenters. The molecule has 1 amide bonds. The first-order valence-corrected chi connectivity index (χ1v) is 9.83. The Hall–Kier alpha value is -1.59. The Kier molecular flexibility index (Phi) is 7.91. The lowest BCUT2D eigenvalue weighted by Crippen LogP contribution is -2.43. The van der Waals surface area contributed by atoms with E-state index in [2.05, 4.69) is 24.1 Å². The van der Waals surface area contributed by atoms with Gasteiger partial charge in [-0.3, -0.25) is 9.69 Å². The number of carbonyl (C=O) groups excluding carboxylic acids is 1. The molecule has 5 nitrogen and oxygen atoms in total. The topological polar surface area (TPSA) is 50.8 Å². The first kappa shape index (κ1) is 20.7. The number of carbonyl (C=O) groups is 1. The third-order valence-corrected chi connectivity index (χ3v) is 4.73. The van der Waals surface area contributed by atoms with Crippen molar-refractivity contribution < 1.29 is 14.3 Å². The predicted octanol–water partition coefficient (Wildman–Crippen LogP) is 3.94. The molecular formula is C21H34N2O3. The molecule has 0 unspecified atom stereocenters. The highest BCUT2D eigenvalue weighted by Crippen LogP contribution is 2.24. The number of benzene rings is 1. The highest BCUT2D eigenvalue weighted by molar-refractivity contribution is 5.97. The summed E-state index contributed by atoms with van der Waals surface area (Å²) in [6, 6.07) is 7.57. The quantitative estimate of drug-likeness (QED) is 0.685. The summed E-state index contributed by atoms with van der Waals surface area (Å²) in [4.78, 5) is 15.1. The fourth-order valence-electron chi connectivity index (χ4n) is 3.51. The standard InChI is InChI=1S/C21H34N2O3/c1-5-26-21(4,16-17(2)3)20(24)22-18-8-10-19(11-9-18)25-15-14-23-12-6-7-13-23/h8-11,17H,5-7,12-16H2,1-4H3,(H,22,24)/t21-/m1/s1. The van der Waals surface area contributed by atoms with Crippen LogP contribution in [0.25, 0.3) is 0 Å². The second kappa shape index (κ2) is 9.93. The highest BCUT2D eigenvalue weighted by atomic mass is 16.5. The Morgan fingerprint density at radius 1 is 1.23 bits per heavy atom. The molecule has 146 valence electrons. The van der Waals surface area contributed by atoms with Crippen LogP contribution in [0.2, 0.25) is 0 Å². The zero-order valence-electron chi connectivity index (χ0n) is 16.7. The van der Waals surface area contributed by atoms with Crippen molar-refractivity contribution in [2.24, 2.45) is 5.92 Å². The Morgan fingerprint density at radius 2 is 1.88 bits per heavy atom. The van der Waals surface area contributed by atoms with Gasteiger partial charge >= 0.3 is 0 Å². The first-order valence-electron chi connectivity index (χ1n) is 9.83. The summed E-state index contributed by atoms with van der Waals surface area (Å²) in [5, 5.41) is 2.97. The number of hydrogen-bond acceptors (Lipinski definition) is 4. The lowest BCUT2D eigenvalue weighted by Gasteiger charge is -2.29. The second-order valence-corrected chi connectivity index (χ2v) is 7.64. The summed E-state index contributed by atoms with van der Waals surface area (Å²) >= 11 is 0. The van der Waals surface area contributed by atoms with Gasteiger partial charge in [0, 0.05) is 18.8 Å². The molecule has 1 heterocycles. The molecule has 0 spiro atoms. The summed E-state index contributed by atoms with van der Waals surface area (Å²) in [5.41, 5.74) is -0.0510. The SMILES string of the molecule is CCO[C@](C)(CC(C)C)C(=O)Nc1ccc(OCCN2CCCC2)cc1. The number of ether oxygens (including phenoxy) is 2. The number of amides is 1. The van der Waals surface area contributed by atoms with E-state index in [1.807, 2.05) is 38.1 Å². The molecule has 1 fully saturated rings. The van der Waals surface area contributed by atoms with E-state index in [9.17, 15) is 4.79 Å². The van der Waals surface area contributed by atoms with E-state index in [1.165, 1.54) is 25.9 Å². The Labute approximate surface area is 158 Å². The van der Waals surface area contributed by atoms with Crippen molar-refractivity contribution in [3.05, 3.63) is 24.3 Å². The molecule has 1 aromatic rings. The van der Waals surface area contributed by atoms with Crippen molar-refractivity contribution in [3.63, 3.8) is 0 Å². The van der Waals surface area contributed by atoms with Crippen LogP contribution in [0.4, 0.5) is 5.69 Å². The second-order valence-electron chi connectivity index (χ2n) is 7.64. The van der Waals surface area contributed by atoms with Gasteiger partial charge in [-0.1, -0.05) is 13.8 Å². The normalized spacial score (nSPS) is 17.3. The zero-order chi connectivity index (χ0) is 19.0. The number of hydrogen-bond donors (Lipinski definition) is 1. The molecule has 5 heteroatoms. The molecule has 0 bridgehead atoms. The summed E-state index contributed by atoms with van der Waals surface area (Å²) in [6.07, 6.45) is 3.28. The van der Waals surface area contributed by atoms with Gasteiger partial charge in [-0.2, -0.15) is 0 Å². The van der Waals surface area contributed by atoms with Crippen LogP contribution in [0.15, 0.2) is 24.3 Å². The molecule has 0 aliphatic carbocycles. The molecule has 2 rings (SSSR count). The van der Waals surface area contributed by atoms with Gasteiger partial charge in [0.2, 0.25) is 0 Å². The largest absolute Gasteiger partial charge is 0.492 e. The molecule has 1 aliphatic rings. The van der Waals surface area contributed by atoms with Crippen molar-refractivity contribution in [2.75, 3.05) is 38.2 Å². The van der Waals surface area contributed by atoms with Gasteiger partial charge in [0.25, 0.3) is 5.91 Å². The summed E-state index contributed by atoms with van der Waals surface area (Å²) in [6.45, 7) is 12.5. The van der Waals surface area contributed by atoms with Crippen molar-refractivity contribution in [1.29, 1.82) is 0 Å². The van der Waals surface area contributed by atoms with Crippen LogP contribution in [-0.4, -0.2) is 49.3 Å². The van der Waals surface area contributed by atoms with Gasteiger partial charge in [-0.25, -0.2) is 0 Å². The molecule has 1 aliphatic heterocycles. The average molecular weight is 363 g/mol. The third-order valence-electron chi connectivity index (χ3n) is 4.73. The predicted molar refractivity (Wildman–Crippen MR) is 106 cm³/mol. The maximum atomic E-state index is 12.7. The van der Waals surface area contributed by atoms with Gasteiger partial charge < -0.3 is 14.8 Å². The van der Waals surface area contributed by atoms with Gasteiger partial charge in [0.15, 0.2) is 0 Å². The van der Waals surface area contributed by atoms with E-state index in [-0.39, 0.29) is 5.91 Å². The van der Waals surface area contributed by atoms with Gasteiger partial charge in [0.1, 0.15) is 18.0 Å². The molecule has 26 heavy (non-hydrogen) atoms. The third kappa shape index (κ3) is 6.29. The first-order chi connectivity index (χ1) is 12.4. The van der Waals surface area contributed by atoms with Crippen LogP contribution in [0.1, 0.15) is 47.0 Å². The maximum absolute atomic E-state index is 12.7. The number of anilines is 1. The van der Waals surface area contributed by atoms with Crippen LogP contribution >= 0.6 is 0 Å². The van der Waals surface area contributed by atoms with E-state index in [4.69, 9.17) is 9.47 Å². The monoisotopic (exact) mass is 362 g/mol. The van der Waals surface area contributed by atoms with Crippen LogP contribution in [0, 0.1) is 5.92 Å². The zero-order valence-corrected chi connectivity index (χ0v) is 16.7. The smallest absolute Gasteiger partial charge is 0.256 e. The van der Waals surface area contributed by atoms with Gasteiger partial charge in [-0.05, 0) is 76.4 Å². The van der Waals surface area contributed by atoms with E-state index >= 15 is 0 Å². The Balaban J connectivity index is 1.85. The van der Waals surface area contributed by atoms with Crippen LogP contribution in [0.3, 0.4) is 0 Å². The fraction of sp³-hybridized carbons (Fsp3) is 0.667. The van der Waals surface area contributed by atoms with Crippen molar-refractivity contribution in [3.8, 4) is 5.75 Å². The number of nitrogens with one attached hydrogen (secondary N) is 1. The fourth-order valence-corrected chi connectivity index (χ4v) is 3.51. The van der Waals surface area contributed by atoms with Gasteiger partial charge in [0.05, 0.1) is 0 Å². The van der Waals surface area contributed by atoms with E-state index in [0.717, 1.165) is 18.0 Å². The van der Waals surface area contributed by atoms with Gasteiger partial charge in [-0.15, -0.1) is 0 Å². The molecule has 0 radical (unpaired) electrons. The van der Waals surface area contributed by atoms with E-state index in [0.29, 0.717) is 25.6 Å². The Morgan fingerprint density at radius 3 is 2.46 bits per heavy atom. The minimum absolute atomic E-state index is 0.101. The van der Waals surface area contributed by atoms with Crippen LogP contribution < -0.4 is 10.1 Å². The highest BCUT2D eigenvalue weighted by Gasteiger charge is 2.34. The lowest BCUT2D eigenvalue weighted by atomic mass is 9.93. The minimum atomic E-state index is -0.812. The molecule has 1 N–H and O–H groups in total. The molecule has 0 saturated carbocycles. The summed E-state index contributed by atoms with van der Waals surface area (Å²) in [7, 11) is 0. The molecule has 1 saturated heterocycles. The van der Waals surface area contributed by atoms with E-state index in [1.54, 1.807) is 0 Å². The van der Waals surface area contributed by atoms with Crippen molar-refractivity contribution >= 4 is 11.6 Å². The lowest BCUT2D eigenvalue weighted by molar-refractivity contribution is -0.140. The van der Waals surface area contributed by atoms with Crippen molar-refractivity contribution in [2.45, 2.75) is 52.6 Å². The average Bonchev–Trinajstić information content (AvgIpc) is 3.09. The number of rotatable bonds is 10. The van der Waals surface area contributed by atoms with Crippen LogP contribution in [0.5, 0.6) is 5.75 Å². The Bertz CT molecular complexity index is 553. The summed E-state index contributed by atoms with van der Waals surface area (Å²) in [5.74, 6) is 1.11. The molecule has 1 aromatic carbocycles. The summed E-state index contributed by atoms with van der Waals surface area (Å²) < 4.78 is 11.6. The van der Waals surface area contributed by atoms with E-state index < -0.39 is 5.60 Å².